The van der Waals surface area contributed by atoms with Crippen molar-refractivity contribution in [2.45, 2.75) is 13.3 Å². The third kappa shape index (κ3) is 1.73. The van der Waals surface area contributed by atoms with Gasteiger partial charge in [-0.15, -0.1) is 0 Å². The van der Waals surface area contributed by atoms with Crippen molar-refractivity contribution in [2.24, 2.45) is 0 Å². The van der Waals surface area contributed by atoms with Crippen molar-refractivity contribution in [3.63, 3.8) is 0 Å². The highest BCUT2D eigenvalue weighted by Gasteiger charge is 2.12. The number of rotatable bonds is 3. The Morgan fingerprint density at radius 2 is 2.27 bits per heavy atom. The number of oxazole rings is 1. The van der Waals surface area contributed by atoms with Gasteiger partial charge in [-0.2, -0.15) is 0 Å². The minimum absolute atomic E-state index is 0.599. The summed E-state index contributed by atoms with van der Waals surface area (Å²) in [5, 5.41) is 0. The van der Waals surface area contributed by atoms with E-state index >= 15 is 0 Å². The second kappa shape index (κ2) is 4.17. The Morgan fingerprint density at radius 1 is 1.40 bits per heavy atom. The second-order valence-electron chi connectivity index (χ2n) is 3.19. The van der Waals surface area contributed by atoms with Crippen molar-refractivity contribution in [3.05, 3.63) is 36.2 Å². The van der Waals surface area contributed by atoms with Crippen LogP contribution in [0.2, 0.25) is 0 Å². The predicted octanol–water partition coefficient (Wildman–Crippen LogP) is 2.91. The molecule has 0 atom stereocenters. The molecule has 0 bridgehead atoms. The molecule has 3 heteroatoms. The molecule has 0 radical (unpaired) electrons. The lowest BCUT2D eigenvalue weighted by molar-refractivity contribution is 0.409. The summed E-state index contributed by atoms with van der Waals surface area (Å²) >= 11 is 0. The van der Waals surface area contributed by atoms with Crippen LogP contribution in [0.1, 0.15) is 12.5 Å². The standard InChI is InChI=1S/C12H13NO2/c1-3-9-5-4-6-10(11(9)14-2)12-13-7-8-15-12/h4-8H,3H2,1-2H3. The van der Waals surface area contributed by atoms with Crippen molar-refractivity contribution >= 4 is 0 Å². The van der Waals surface area contributed by atoms with Gasteiger partial charge in [-0.25, -0.2) is 4.98 Å². The average molecular weight is 203 g/mol. The highest BCUT2D eigenvalue weighted by molar-refractivity contribution is 5.65. The maximum atomic E-state index is 5.39. The topological polar surface area (TPSA) is 35.3 Å². The summed E-state index contributed by atoms with van der Waals surface area (Å²) in [6.45, 7) is 2.09. The first-order chi connectivity index (χ1) is 7.36. The fraction of sp³-hybridized carbons (Fsp3) is 0.250. The minimum Gasteiger partial charge on any atom is -0.496 e. The SMILES string of the molecule is CCc1cccc(-c2ncco2)c1OC. The molecule has 2 rings (SSSR count). The lowest BCUT2D eigenvalue weighted by Gasteiger charge is -2.09. The van der Waals surface area contributed by atoms with E-state index in [1.165, 1.54) is 0 Å². The Balaban J connectivity index is 2.56. The van der Waals surface area contributed by atoms with Gasteiger partial charge in [0.2, 0.25) is 5.89 Å². The van der Waals surface area contributed by atoms with Gasteiger partial charge < -0.3 is 9.15 Å². The fourth-order valence-electron chi connectivity index (χ4n) is 1.63. The molecule has 0 saturated carbocycles. The van der Waals surface area contributed by atoms with Gasteiger partial charge in [0.05, 0.1) is 18.9 Å². The van der Waals surface area contributed by atoms with Crippen LogP contribution in [0.15, 0.2) is 35.1 Å². The molecule has 78 valence electrons. The van der Waals surface area contributed by atoms with Gasteiger partial charge in [-0.3, -0.25) is 0 Å². The van der Waals surface area contributed by atoms with E-state index in [1.807, 2.05) is 18.2 Å². The normalized spacial score (nSPS) is 10.3. The summed E-state index contributed by atoms with van der Waals surface area (Å²) in [5.74, 6) is 1.45. The van der Waals surface area contributed by atoms with Crippen LogP contribution in [0, 0.1) is 0 Å². The molecule has 0 amide bonds. The molecule has 0 saturated heterocycles. The van der Waals surface area contributed by atoms with E-state index in [0.717, 1.165) is 23.3 Å². The van der Waals surface area contributed by atoms with Crippen molar-refractivity contribution in [1.82, 2.24) is 4.98 Å². The number of benzene rings is 1. The molecule has 1 aromatic carbocycles. The number of aryl methyl sites for hydroxylation is 1. The molecule has 0 aliphatic heterocycles. The molecule has 15 heavy (non-hydrogen) atoms. The zero-order chi connectivity index (χ0) is 10.7. The van der Waals surface area contributed by atoms with E-state index in [-0.39, 0.29) is 0 Å². The van der Waals surface area contributed by atoms with Crippen molar-refractivity contribution in [3.8, 4) is 17.2 Å². The monoisotopic (exact) mass is 203 g/mol. The van der Waals surface area contributed by atoms with Gasteiger partial charge in [0.1, 0.15) is 12.0 Å². The first-order valence-corrected chi connectivity index (χ1v) is 4.92. The number of hydrogen-bond donors (Lipinski definition) is 0. The van der Waals surface area contributed by atoms with Gasteiger partial charge in [0, 0.05) is 0 Å². The van der Waals surface area contributed by atoms with Crippen LogP contribution < -0.4 is 4.74 Å². The lowest BCUT2D eigenvalue weighted by Crippen LogP contribution is -1.93. The molecule has 0 fully saturated rings. The highest BCUT2D eigenvalue weighted by Crippen LogP contribution is 2.32. The summed E-state index contributed by atoms with van der Waals surface area (Å²) in [6.07, 6.45) is 4.12. The van der Waals surface area contributed by atoms with Crippen LogP contribution in [-0.2, 0) is 6.42 Å². The van der Waals surface area contributed by atoms with Crippen LogP contribution in [-0.4, -0.2) is 12.1 Å². The number of hydrogen-bond acceptors (Lipinski definition) is 3. The van der Waals surface area contributed by atoms with Crippen LogP contribution in [0.4, 0.5) is 0 Å². The fourth-order valence-corrected chi connectivity index (χ4v) is 1.63. The Bertz CT molecular complexity index is 435. The Kier molecular flexibility index (Phi) is 2.72. The molecule has 0 unspecified atom stereocenters. The molecule has 0 N–H and O–H groups in total. The van der Waals surface area contributed by atoms with Crippen molar-refractivity contribution < 1.29 is 9.15 Å². The van der Waals surface area contributed by atoms with E-state index in [0.29, 0.717) is 5.89 Å². The van der Waals surface area contributed by atoms with Crippen LogP contribution in [0.5, 0.6) is 5.75 Å². The zero-order valence-electron chi connectivity index (χ0n) is 8.86. The summed E-state index contributed by atoms with van der Waals surface area (Å²) < 4.78 is 10.7. The van der Waals surface area contributed by atoms with Gasteiger partial charge in [0.25, 0.3) is 0 Å². The molecule has 2 aromatic rings. The summed E-state index contributed by atoms with van der Waals surface area (Å²) in [4.78, 5) is 4.12. The average Bonchev–Trinajstić information content (AvgIpc) is 2.81. The smallest absolute Gasteiger partial charge is 0.229 e. The van der Waals surface area contributed by atoms with E-state index in [9.17, 15) is 0 Å². The summed E-state index contributed by atoms with van der Waals surface area (Å²) in [5.41, 5.74) is 2.06. The molecule has 1 aromatic heterocycles. The van der Waals surface area contributed by atoms with Crippen molar-refractivity contribution in [2.75, 3.05) is 7.11 Å². The quantitative estimate of drug-likeness (QED) is 0.769. The largest absolute Gasteiger partial charge is 0.496 e. The number of ether oxygens (including phenoxy) is 1. The molecule has 3 nitrogen and oxygen atoms in total. The second-order valence-corrected chi connectivity index (χ2v) is 3.19. The van der Waals surface area contributed by atoms with Gasteiger partial charge in [-0.05, 0) is 18.1 Å². The maximum absolute atomic E-state index is 5.39. The van der Waals surface area contributed by atoms with Gasteiger partial charge >= 0.3 is 0 Å². The van der Waals surface area contributed by atoms with Crippen LogP contribution >= 0.6 is 0 Å². The lowest BCUT2D eigenvalue weighted by atomic mass is 10.1. The van der Waals surface area contributed by atoms with Crippen LogP contribution in [0.25, 0.3) is 11.5 Å². The predicted molar refractivity (Wildman–Crippen MR) is 57.9 cm³/mol. The number of para-hydroxylation sites is 1. The van der Waals surface area contributed by atoms with E-state index in [2.05, 4.69) is 11.9 Å². The molecule has 1 heterocycles. The first kappa shape index (κ1) is 9.77. The molecule has 0 spiro atoms. The Hall–Kier alpha value is -1.77. The minimum atomic E-state index is 0.599. The van der Waals surface area contributed by atoms with E-state index < -0.39 is 0 Å². The number of aromatic nitrogens is 1. The molecular formula is C12H13NO2. The summed E-state index contributed by atoms with van der Waals surface area (Å²) in [7, 11) is 1.67. The number of methoxy groups -OCH3 is 1. The number of nitrogens with zero attached hydrogens (tertiary/aromatic N) is 1. The third-order valence-corrected chi connectivity index (χ3v) is 2.34. The summed E-state index contributed by atoms with van der Waals surface area (Å²) in [6, 6.07) is 5.98. The highest BCUT2D eigenvalue weighted by atomic mass is 16.5. The molecular weight excluding hydrogens is 190 g/mol. The van der Waals surface area contributed by atoms with Gasteiger partial charge in [0.15, 0.2) is 0 Å². The van der Waals surface area contributed by atoms with Gasteiger partial charge in [-0.1, -0.05) is 19.1 Å². The molecule has 0 aliphatic rings. The first-order valence-electron chi connectivity index (χ1n) is 4.92. The van der Waals surface area contributed by atoms with Crippen LogP contribution in [0.3, 0.4) is 0 Å². The van der Waals surface area contributed by atoms with E-state index in [4.69, 9.17) is 9.15 Å². The maximum Gasteiger partial charge on any atom is 0.229 e. The van der Waals surface area contributed by atoms with E-state index in [1.54, 1.807) is 19.6 Å². The van der Waals surface area contributed by atoms with Crippen molar-refractivity contribution in [1.29, 1.82) is 0 Å². The third-order valence-electron chi connectivity index (χ3n) is 2.34. The molecule has 0 aliphatic carbocycles. The Labute approximate surface area is 88.7 Å². The Morgan fingerprint density at radius 3 is 2.87 bits per heavy atom. The zero-order valence-corrected chi connectivity index (χ0v) is 8.86.